The first-order valence-electron chi connectivity index (χ1n) is 6.28. The van der Waals surface area contributed by atoms with Gasteiger partial charge in [-0.05, 0) is 31.3 Å². The van der Waals surface area contributed by atoms with Crippen molar-refractivity contribution in [2.75, 3.05) is 39.1 Å². The molecule has 0 fully saturated rings. The summed E-state index contributed by atoms with van der Waals surface area (Å²) in [6.45, 7) is 3.29. The van der Waals surface area contributed by atoms with Crippen molar-refractivity contribution in [1.29, 1.82) is 0 Å². The average molecular weight is 287 g/mol. The van der Waals surface area contributed by atoms with Gasteiger partial charge in [-0.3, -0.25) is 0 Å². The molecule has 0 saturated carbocycles. The molecule has 0 aliphatic carbocycles. The van der Waals surface area contributed by atoms with Gasteiger partial charge in [-0.2, -0.15) is 0 Å². The predicted molar refractivity (Wildman–Crippen MR) is 76.9 cm³/mol. The molecule has 1 aromatic rings. The van der Waals surface area contributed by atoms with Gasteiger partial charge in [0.1, 0.15) is 5.82 Å². The summed E-state index contributed by atoms with van der Waals surface area (Å²) in [5.74, 6) is 0.665. The number of aliphatic hydroxyl groups excluding tert-OH is 2. The van der Waals surface area contributed by atoms with Crippen LogP contribution in [0.25, 0.3) is 0 Å². The van der Waals surface area contributed by atoms with E-state index in [1.807, 2.05) is 14.0 Å². The molecule has 0 heterocycles. The van der Waals surface area contributed by atoms with Crippen LogP contribution in [0.4, 0.5) is 4.39 Å². The summed E-state index contributed by atoms with van der Waals surface area (Å²) in [6.07, 6.45) is 0. The quantitative estimate of drug-likeness (QED) is 0.716. The van der Waals surface area contributed by atoms with Gasteiger partial charge < -0.3 is 15.1 Å². The number of hydrogen-bond acceptors (Lipinski definition) is 4. The first-order chi connectivity index (χ1) is 8.99. The summed E-state index contributed by atoms with van der Waals surface area (Å²) in [4.78, 5) is 3.13. The number of aliphatic hydroxyl groups is 2. The second kappa shape index (κ2) is 7.85. The van der Waals surface area contributed by atoms with Crippen LogP contribution in [0, 0.1) is 11.2 Å². The van der Waals surface area contributed by atoms with E-state index in [4.69, 9.17) is 0 Å². The van der Waals surface area contributed by atoms with Crippen LogP contribution in [0.5, 0.6) is 0 Å². The van der Waals surface area contributed by atoms with E-state index in [1.165, 1.54) is 12.1 Å². The van der Waals surface area contributed by atoms with E-state index in [-0.39, 0.29) is 19.0 Å². The molecule has 0 unspecified atom stereocenters. The average Bonchev–Trinajstić information content (AvgIpc) is 2.41. The zero-order valence-corrected chi connectivity index (χ0v) is 12.3. The molecule has 0 amide bonds. The van der Waals surface area contributed by atoms with Crippen LogP contribution in [0.15, 0.2) is 29.2 Å². The molecular formula is C14H22FNO2S. The number of nitrogens with zero attached hydrogens (tertiary/aromatic N) is 1. The van der Waals surface area contributed by atoms with Gasteiger partial charge in [-0.15, -0.1) is 11.8 Å². The van der Waals surface area contributed by atoms with Crippen molar-refractivity contribution in [2.24, 2.45) is 5.41 Å². The number of halogens is 1. The molecule has 19 heavy (non-hydrogen) atoms. The summed E-state index contributed by atoms with van der Waals surface area (Å²) in [5, 5.41) is 18.5. The molecule has 0 saturated heterocycles. The molecule has 2 N–H and O–H groups in total. The molecule has 0 aromatic heterocycles. The van der Waals surface area contributed by atoms with E-state index in [9.17, 15) is 14.6 Å². The van der Waals surface area contributed by atoms with E-state index < -0.39 is 5.41 Å². The minimum Gasteiger partial charge on any atom is -0.396 e. The molecule has 1 rings (SSSR count). The predicted octanol–water partition coefficient (Wildman–Crippen LogP) is 1.84. The molecule has 1 aromatic carbocycles. The van der Waals surface area contributed by atoms with E-state index >= 15 is 0 Å². The Hall–Kier alpha value is -0.620. The van der Waals surface area contributed by atoms with Crippen molar-refractivity contribution >= 4 is 11.8 Å². The lowest BCUT2D eigenvalue weighted by molar-refractivity contribution is 0.0435. The molecule has 5 heteroatoms. The second-order valence-corrected chi connectivity index (χ2v) is 6.34. The Kier molecular flexibility index (Phi) is 6.79. The molecule has 0 aliphatic rings. The van der Waals surface area contributed by atoms with Crippen molar-refractivity contribution < 1.29 is 14.6 Å². The number of hydrogen-bond donors (Lipinski definition) is 2. The first kappa shape index (κ1) is 16.4. The van der Waals surface area contributed by atoms with E-state index in [1.54, 1.807) is 23.9 Å². The summed E-state index contributed by atoms with van der Waals surface area (Å²) in [5.41, 5.74) is -0.463. The molecule has 108 valence electrons. The SMILES string of the molecule is CN(CCSc1ccc(F)cc1)CC(C)(CO)CO. The number of rotatable bonds is 8. The maximum Gasteiger partial charge on any atom is 0.123 e. The molecule has 0 spiro atoms. The van der Waals surface area contributed by atoms with Crippen LogP contribution in [0.2, 0.25) is 0 Å². The maximum atomic E-state index is 12.7. The monoisotopic (exact) mass is 287 g/mol. The van der Waals surface area contributed by atoms with Gasteiger partial charge in [0.25, 0.3) is 0 Å². The highest BCUT2D eigenvalue weighted by Gasteiger charge is 2.23. The van der Waals surface area contributed by atoms with E-state index in [0.717, 1.165) is 17.2 Å². The Labute approximate surface area is 118 Å². The van der Waals surface area contributed by atoms with E-state index in [0.29, 0.717) is 6.54 Å². The molecule has 3 nitrogen and oxygen atoms in total. The largest absolute Gasteiger partial charge is 0.396 e. The minimum atomic E-state index is -0.463. The van der Waals surface area contributed by atoms with Crippen LogP contribution in [0.3, 0.4) is 0 Å². The van der Waals surface area contributed by atoms with Crippen molar-refractivity contribution in [3.63, 3.8) is 0 Å². The standard InChI is InChI=1S/C14H22FNO2S/c1-14(10-17,11-18)9-16(2)7-8-19-13-5-3-12(15)4-6-13/h3-6,17-18H,7-11H2,1-2H3. The Bertz CT molecular complexity index is 368. The summed E-state index contributed by atoms with van der Waals surface area (Å²) in [7, 11) is 1.97. The van der Waals surface area contributed by atoms with Crippen molar-refractivity contribution in [2.45, 2.75) is 11.8 Å². The van der Waals surface area contributed by atoms with Crippen LogP contribution >= 0.6 is 11.8 Å². The first-order valence-corrected chi connectivity index (χ1v) is 7.26. The van der Waals surface area contributed by atoms with Gasteiger partial charge in [0.15, 0.2) is 0 Å². The molecule has 0 radical (unpaired) electrons. The van der Waals surface area contributed by atoms with Crippen LogP contribution in [0.1, 0.15) is 6.92 Å². The third kappa shape index (κ3) is 5.91. The summed E-state index contributed by atoms with van der Waals surface area (Å²) >= 11 is 1.67. The van der Waals surface area contributed by atoms with Gasteiger partial charge in [-0.1, -0.05) is 6.92 Å². The lowest BCUT2D eigenvalue weighted by Crippen LogP contribution is -2.39. The van der Waals surface area contributed by atoms with Crippen LogP contribution in [-0.4, -0.2) is 54.2 Å². The maximum absolute atomic E-state index is 12.7. The zero-order valence-electron chi connectivity index (χ0n) is 11.5. The summed E-state index contributed by atoms with van der Waals surface area (Å²) in [6, 6.07) is 6.46. The van der Waals surface area contributed by atoms with Crippen molar-refractivity contribution in [1.82, 2.24) is 4.90 Å². The van der Waals surface area contributed by atoms with Crippen molar-refractivity contribution in [3.8, 4) is 0 Å². The molecule has 0 bridgehead atoms. The lowest BCUT2D eigenvalue weighted by Gasteiger charge is -2.30. The normalized spacial score (nSPS) is 12.1. The van der Waals surface area contributed by atoms with Crippen LogP contribution in [-0.2, 0) is 0 Å². The lowest BCUT2D eigenvalue weighted by atomic mass is 9.92. The van der Waals surface area contributed by atoms with Gasteiger partial charge in [-0.25, -0.2) is 4.39 Å². The molecule has 0 aliphatic heterocycles. The Morgan fingerprint density at radius 3 is 2.32 bits per heavy atom. The van der Waals surface area contributed by atoms with Crippen molar-refractivity contribution in [3.05, 3.63) is 30.1 Å². The second-order valence-electron chi connectivity index (χ2n) is 5.17. The van der Waals surface area contributed by atoms with Gasteiger partial charge in [0.05, 0.1) is 13.2 Å². The smallest absolute Gasteiger partial charge is 0.123 e. The highest BCUT2D eigenvalue weighted by molar-refractivity contribution is 7.99. The summed E-state index contributed by atoms with van der Waals surface area (Å²) < 4.78 is 12.7. The highest BCUT2D eigenvalue weighted by atomic mass is 32.2. The van der Waals surface area contributed by atoms with Gasteiger partial charge in [0.2, 0.25) is 0 Å². The van der Waals surface area contributed by atoms with Gasteiger partial charge in [0, 0.05) is 29.2 Å². The zero-order chi connectivity index (χ0) is 14.3. The third-order valence-electron chi connectivity index (χ3n) is 2.97. The number of benzene rings is 1. The molecular weight excluding hydrogens is 265 g/mol. The Morgan fingerprint density at radius 2 is 1.79 bits per heavy atom. The van der Waals surface area contributed by atoms with E-state index in [2.05, 4.69) is 4.90 Å². The fraction of sp³-hybridized carbons (Fsp3) is 0.571. The highest BCUT2D eigenvalue weighted by Crippen LogP contribution is 2.19. The number of thioether (sulfide) groups is 1. The Morgan fingerprint density at radius 1 is 1.21 bits per heavy atom. The fourth-order valence-corrected chi connectivity index (χ4v) is 2.70. The minimum absolute atomic E-state index is 0.0288. The van der Waals surface area contributed by atoms with Gasteiger partial charge >= 0.3 is 0 Å². The van der Waals surface area contributed by atoms with Crippen LogP contribution < -0.4 is 0 Å². The third-order valence-corrected chi connectivity index (χ3v) is 3.96. The topological polar surface area (TPSA) is 43.7 Å². The molecule has 0 atom stereocenters. The Balaban J connectivity index is 2.30. The fourth-order valence-electron chi connectivity index (χ4n) is 1.73.